The van der Waals surface area contributed by atoms with Gasteiger partial charge in [0.05, 0.1) is 23.8 Å². The molecule has 1 atom stereocenters. The maximum absolute atomic E-state index is 12.9. The van der Waals surface area contributed by atoms with Crippen molar-refractivity contribution in [2.24, 2.45) is 5.73 Å². The molecule has 0 unspecified atom stereocenters. The van der Waals surface area contributed by atoms with Crippen LogP contribution in [0.25, 0.3) is 0 Å². The lowest BCUT2D eigenvalue weighted by Gasteiger charge is -2.37. The van der Waals surface area contributed by atoms with E-state index in [-0.39, 0.29) is 17.2 Å². The molecule has 0 heterocycles. The second-order valence-corrected chi connectivity index (χ2v) is 12.1. The molecule has 0 aliphatic carbocycles. The molecular formula is C16H24F3NO3Si. The van der Waals surface area contributed by atoms with Crippen molar-refractivity contribution in [2.45, 2.75) is 51.1 Å². The fraction of sp³-hybridized carbons (Fsp3) is 0.562. The molecule has 24 heavy (non-hydrogen) atoms. The number of alkyl halides is 3. The van der Waals surface area contributed by atoms with Crippen LogP contribution < -0.4 is 5.73 Å². The van der Waals surface area contributed by atoms with Gasteiger partial charge in [-0.2, -0.15) is 13.2 Å². The van der Waals surface area contributed by atoms with Gasteiger partial charge in [-0.1, -0.05) is 20.8 Å². The highest BCUT2D eigenvalue weighted by Crippen LogP contribution is 2.37. The third kappa shape index (κ3) is 5.06. The van der Waals surface area contributed by atoms with Crippen LogP contribution in [0.1, 0.15) is 48.3 Å². The van der Waals surface area contributed by atoms with Gasteiger partial charge in [-0.05, 0) is 41.9 Å². The largest absolute Gasteiger partial charge is 0.478 e. The first-order valence-corrected chi connectivity index (χ1v) is 10.4. The van der Waals surface area contributed by atoms with Gasteiger partial charge in [-0.15, -0.1) is 0 Å². The minimum atomic E-state index is -4.64. The summed E-state index contributed by atoms with van der Waals surface area (Å²) in [5.74, 6) is -1.43. The number of hydrogen-bond acceptors (Lipinski definition) is 3. The molecule has 0 fully saturated rings. The van der Waals surface area contributed by atoms with Crippen molar-refractivity contribution in [1.82, 2.24) is 0 Å². The fourth-order valence-corrected chi connectivity index (χ4v) is 2.79. The van der Waals surface area contributed by atoms with Crippen LogP contribution in [0, 0.1) is 0 Å². The number of carboxylic acids is 1. The quantitative estimate of drug-likeness (QED) is 0.759. The van der Waals surface area contributed by atoms with Crippen molar-refractivity contribution >= 4 is 14.3 Å². The molecule has 0 radical (unpaired) electrons. The number of hydrogen-bond donors (Lipinski definition) is 2. The first-order valence-electron chi connectivity index (χ1n) is 7.50. The van der Waals surface area contributed by atoms with Gasteiger partial charge in [0.25, 0.3) is 0 Å². The number of nitrogens with two attached hydrogens (primary N) is 1. The van der Waals surface area contributed by atoms with E-state index in [2.05, 4.69) is 0 Å². The Labute approximate surface area is 140 Å². The van der Waals surface area contributed by atoms with Crippen molar-refractivity contribution in [3.63, 3.8) is 0 Å². The second kappa shape index (κ2) is 6.85. The van der Waals surface area contributed by atoms with E-state index in [4.69, 9.17) is 15.3 Å². The molecule has 0 spiro atoms. The third-order valence-corrected chi connectivity index (χ3v) is 8.89. The fourth-order valence-electron chi connectivity index (χ4n) is 1.76. The summed E-state index contributed by atoms with van der Waals surface area (Å²) in [4.78, 5) is 11.1. The summed E-state index contributed by atoms with van der Waals surface area (Å²) in [6.45, 7) is 10.2. The predicted octanol–water partition coefficient (Wildman–Crippen LogP) is 4.43. The van der Waals surface area contributed by atoms with Gasteiger partial charge in [-0.25, -0.2) is 4.79 Å². The molecule has 1 aromatic rings. The molecule has 8 heteroatoms. The van der Waals surface area contributed by atoms with Crippen LogP contribution in [0.4, 0.5) is 13.2 Å². The SMILES string of the molecule is CC(C)(C)[Si](C)(C)OC[C@@H](N)c1cc(C(=O)O)cc(C(F)(F)F)c1. The molecule has 0 aliphatic rings. The summed E-state index contributed by atoms with van der Waals surface area (Å²) in [6, 6.07) is 1.82. The zero-order valence-electron chi connectivity index (χ0n) is 14.5. The van der Waals surface area contributed by atoms with Gasteiger partial charge in [0.15, 0.2) is 8.32 Å². The first-order chi connectivity index (χ1) is 10.6. The molecule has 4 nitrogen and oxygen atoms in total. The topological polar surface area (TPSA) is 72.5 Å². The highest BCUT2D eigenvalue weighted by Gasteiger charge is 2.38. The molecule has 1 rings (SSSR count). The van der Waals surface area contributed by atoms with Crippen LogP contribution in [0.15, 0.2) is 18.2 Å². The summed E-state index contributed by atoms with van der Waals surface area (Å²) in [5.41, 5.74) is 4.59. The maximum atomic E-state index is 12.9. The third-order valence-electron chi connectivity index (χ3n) is 4.39. The van der Waals surface area contributed by atoms with Crippen molar-refractivity contribution < 1.29 is 27.5 Å². The highest BCUT2D eigenvalue weighted by atomic mass is 28.4. The lowest BCUT2D eigenvalue weighted by molar-refractivity contribution is -0.137. The van der Waals surface area contributed by atoms with E-state index >= 15 is 0 Å². The van der Waals surface area contributed by atoms with Crippen molar-refractivity contribution in [1.29, 1.82) is 0 Å². The smallest absolute Gasteiger partial charge is 0.416 e. The number of carbonyl (C=O) groups is 1. The Kier molecular flexibility index (Phi) is 5.90. The highest BCUT2D eigenvalue weighted by molar-refractivity contribution is 6.74. The van der Waals surface area contributed by atoms with Crippen LogP contribution in [-0.2, 0) is 10.6 Å². The summed E-state index contributed by atoms with van der Waals surface area (Å²) < 4.78 is 44.8. The van der Waals surface area contributed by atoms with Crippen LogP contribution in [0.3, 0.4) is 0 Å². The molecule has 0 bridgehead atoms. The molecule has 0 amide bonds. The van der Waals surface area contributed by atoms with E-state index in [0.29, 0.717) is 6.07 Å². The summed E-state index contributed by atoms with van der Waals surface area (Å²) in [6.07, 6.45) is -4.64. The van der Waals surface area contributed by atoms with Crippen LogP contribution in [0.2, 0.25) is 18.1 Å². The lowest BCUT2D eigenvalue weighted by Crippen LogP contribution is -2.42. The molecule has 1 aromatic carbocycles. The zero-order valence-corrected chi connectivity index (χ0v) is 15.5. The van der Waals surface area contributed by atoms with Gasteiger partial charge in [0.2, 0.25) is 0 Å². The van der Waals surface area contributed by atoms with E-state index in [1.165, 1.54) is 0 Å². The van der Waals surface area contributed by atoms with Crippen LogP contribution in [0.5, 0.6) is 0 Å². The van der Waals surface area contributed by atoms with Gasteiger partial charge < -0.3 is 15.3 Å². The average molecular weight is 363 g/mol. The Hall–Kier alpha value is -1.38. The summed E-state index contributed by atoms with van der Waals surface area (Å²) >= 11 is 0. The number of aromatic carboxylic acids is 1. The van der Waals surface area contributed by atoms with E-state index in [1.54, 1.807) is 0 Å². The van der Waals surface area contributed by atoms with E-state index < -0.39 is 37.6 Å². The van der Waals surface area contributed by atoms with Gasteiger partial charge in [0.1, 0.15) is 0 Å². The van der Waals surface area contributed by atoms with Crippen molar-refractivity contribution in [3.05, 3.63) is 34.9 Å². The first kappa shape index (κ1) is 20.7. The van der Waals surface area contributed by atoms with E-state index in [1.807, 2.05) is 33.9 Å². The van der Waals surface area contributed by atoms with E-state index in [9.17, 15) is 18.0 Å². The molecule has 136 valence electrons. The van der Waals surface area contributed by atoms with Gasteiger partial charge in [-0.3, -0.25) is 0 Å². The van der Waals surface area contributed by atoms with Crippen molar-refractivity contribution in [3.8, 4) is 0 Å². The minimum absolute atomic E-state index is 0.0386. The number of halogens is 3. The predicted molar refractivity (Wildman–Crippen MR) is 88.5 cm³/mol. The molecule has 3 N–H and O–H groups in total. The minimum Gasteiger partial charge on any atom is -0.478 e. The monoisotopic (exact) mass is 363 g/mol. The molecule has 0 aliphatic heterocycles. The Morgan fingerprint density at radius 1 is 1.25 bits per heavy atom. The Morgan fingerprint density at radius 3 is 2.21 bits per heavy atom. The van der Waals surface area contributed by atoms with Crippen LogP contribution in [-0.4, -0.2) is 26.0 Å². The second-order valence-electron chi connectivity index (χ2n) is 7.32. The number of rotatable bonds is 5. The summed E-state index contributed by atoms with van der Waals surface area (Å²) in [7, 11) is -2.10. The zero-order chi connectivity index (χ0) is 18.9. The summed E-state index contributed by atoms with van der Waals surface area (Å²) in [5, 5.41) is 8.95. The molecule has 0 saturated carbocycles. The Bertz CT molecular complexity index is 610. The standard InChI is InChI=1S/C16H24F3NO3Si/c1-15(2,3)24(4,5)23-9-13(20)10-6-11(14(21)22)8-12(7-10)16(17,18)19/h6-8,13H,9,20H2,1-5H3,(H,21,22)/t13-/m1/s1. The number of carboxylic acid groups (broad SMARTS) is 1. The molecular weight excluding hydrogens is 339 g/mol. The Morgan fingerprint density at radius 2 is 1.79 bits per heavy atom. The number of benzene rings is 1. The lowest BCUT2D eigenvalue weighted by atomic mass is 10.0. The molecule has 0 saturated heterocycles. The van der Waals surface area contributed by atoms with Crippen LogP contribution >= 0.6 is 0 Å². The Balaban J connectivity index is 3.08. The van der Waals surface area contributed by atoms with E-state index in [0.717, 1.165) is 12.1 Å². The maximum Gasteiger partial charge on any atom is 0.416 e. The van der Waals surface area contributed by atoms with Crippen molar-refractivity contribution in [2.75, 3.05) is 6.61 Å². The molecule has 0 aromatic heterocycles. The normalized spacial score (nSPS) is 14.5. The average Bonchev–Trinajstić information content (AvgIpc) is 2.42. The van der Waals surface area contributed by atoms with Gasteiger partial charge >= 0.3 is 12.1 Å². The van der Waals surface area contributed by atoms with Gasteiger partial charge in [0, 0.05) is 0 Å².